The van der Waals surface area contributed by atoms with Gasteiger partial charge in [-0.25, -0.2) is 4.98 Å². The van der Waals surface area contributed by atoms with Crippen molar-refractivity contribution in [1.82, 2.24) is 4.98 Å². The minimum Gasteiger partial charge on any atom is -0.297 e. The van der Waals surface area contributed by atoms with Crippen LogP contribution in [0.5, 0.6) is 0 Å². The summed E-state index contributed by atoms with van der Waals surface area (Å²) in [6.45, 7) is 1.95. The largest absolute Gasteiger partial charge is 0.297 e. The second-order valence-electron chi connectivity index (χ2n) is 4.13. The Morgan fingerprint density at radius 3 is 3.06 bits per heavy atom. The standard InChI is InChI=1S/C12H12N2OS2/c1-7-5-6-16-10(7)11(15)14-12-13-8-3-2-4-9(8)17-12/h5-6H,2-4H2,1H3,(H,13,14,15). The molecule has 0 saturated heterocycles. The van der Waals surface area contributed by atoms with E-state index in [9.17, 15) is 4.79 Å². The number of nitrogens with one attached hydrogen (secondary N) is 1. The lowest BCUT2D eigenvalue weighted by atomic mass is 10.3. The normalized spacial score (nSPS) is 13.7. The zero-order valence-electron chi connectivity index (χ0n) is 9.45. The van der Waals surface area contributed by atoms with Crippen molar-refractivity contribution in [2.75, 3.05) is 5.32 Å². The van der Waals surface area contributed by atoms with E-state index in [2.05, 4.69) is 10.3 Å². The number of rotatable bonds is 2. The molecule has 5 heteroatoms. The van der Waals surface area contributed by atoms with Gasteiger partial charge in [0, 0.05) is 4.88 Å². The van der Waals surface area contributed by atoms with Crippen molar-refractivity contribution in [3.63, 3.8) is 0 Å². The summed E-state index contributed by atoms with van der Waals surface area (Å²) >= 11 is 3.09. The Labute approximate surface area is 108 Å². The van der Waals surface area contributed by atoms with Gasteiger partial charge in [-0.2, -0.15) is 0 Å². The van der Waals surface area contributed by atoms with Crippen molar-refractivity contribution in [1.29, 1.82) is 0 Å². The van der Waals surface area contributed by atoms with Crippen LogP contribution in [0.4, 0.5) is 5.13 Å². The van der Waals surface area contributed by atoms with Gasteiger partial charge in [0.25, 0.3) is 5.91 Å². The molecule has 0 aromatic carbocycles. The Bertz CT molecular complexity index is 549. The number of thiophene rings is 1. The molecule has 1 aliphatic rings. The van der Waals surface area contributed by atoms with Gasteiger partial charge in [-0.15, -0.1) is 22.7 Å². The van der Waals surface area contributed by atoms with Crippen molar-refractivity contribution in [3.8, 4) is 0 Å². The van der Waals surface area contributed by atoms with Crippen LogP contribution in [0.3, 0.4) is 0 Å². The average Bonchev–Trinajstić information content (AvgIpc) is 2.92. The van der Waals surface area contributed by atoms with Gasteiger partial charge in [0.15, 0.2) is 5.13 Å². The van der Waals surface area contributed by atoms with Crippen LogP contribution in [0.25, 0.3) is 0 Å². The fourth-order valence-corrected chi connectivity index (χ4v) is 3.87. The quantitative estimate of drug-likeness (QED) is 0.904. The molecular weight excluding hydrogens is 252 g/mol. The number of aromatic nitrogens is 1. The highest BCUT2D eigenvalue weighted by Gasteiger charge is 2.18. The highest BCUT2D eigenvalue weighted by molar-refractivity contribution is 7.16. The molecule has 0 unspecified atom stereocenters. The number of carbonyl (C=O) groups is 1. The van der Waals surface area contributed by atoms with E-state index >= 15 is 0 Å². The summed E-state index contributed by atoms with van der Waals surface area (Å²) in [5.41, 5.74) is 2.20. The Morgan fingerprint density at radius 1 is 1.47 bits per heavy atom. The Balaban J connectivity index is 1.79. The van der Waals surface area contributed by atoms with Crippen LogP contribution in [-0.2, 0) is 12.8 Å². The maximum absolute atomic E-state index is 12.0. The summed E-state index contributed by atoms with van der Waals surface area (Å²) in [4.78, 5) is 18.6. The van der Waals surface area contributed by atoms with E-state index in [1.165, 1.54) is 28.3 Å². The highest BCUT2D eigenvalue weighted by atomic mass is 32.1. The molecule has 0 fully saturated rings. The van der Waals surface area contributed by atoms with Gasteiger partial charge < -0.3 is 0 Å². The van der Waals surface area contributed by atoms with Crippen LogP contribution >= 0.6 is 22.7 Å². The molecule has 88 valence electrons. The highest BCUT2D eigenvalue weighted by Crippen LogP contribution is 2.30. The lowest BCUT2D eigenvalue weighted by molar-refractivity contribution is 0.103. The van der Waals surface area contributed by atoms with E-state index in [4.69, 9.17) is 0 Å². The van der Waals surface area contributed by atoms with Crippen LogP contribution in [0.2, 0.25) is 0 Å². The monoisotopic (exact) mass is 264 g/mol. The van der Waals surface area contributed by atoms with Crippen LogP contribution < -0.4 is 5.32 Å². The molecule has 2 aromatic rings. The molecule has 3 rings (SSSR count). The van der Waals surface area contributed by atoms with Gasteiger partial charge in [0.2, 0.25) is 0 Å². The molecule has 0 spiro atoms. The van der Waals surface area contributed by atoms with Crippen LogP contribution in [-0.4, -0.2) is 10.9 Å². The molecule has 3 nitrogen and oxygen atoms in total. The predicted octanol–water partition coefficient (Wildman–Crippen LogP) is 3.25. The van der Waals surface area contributed by atoms with Gasteiger partial charge in [-0.05, 0) is 43.2 Å². The molecular formula is C12H12N2OS2. The van der Waals surface area contributed by atoms with Crippen molar-refractivity contribution in [2.45, 2.75) is 26.2 Å². The van der Waals surface area contributed by atoms with E-state index in [1.54, 1.807) is 11.3 Å². The molecule has 1 amide bonds. The fourth-order valence-electron chi connectivity index (χ4n) is 2.00. The van der Waals surface area contributed by atoms with Gasteiger partial charge >= 0.3 is 0 Å². The predicted molar refractivity (Wildman–Crippen MR) is 71.1 cm³/mol. The molecule has 0 aliphatic heterocycles. The number of fused-ring (bicyclic) bond motifs is 1. The van der Waals surface area contributed by atoms with Crippen LogP contribution in [0, 0.1) is 6.92 Å². The van der Waals surface area contributed by atoms with Crippen molar-refractivity contribution in [2.24, 2.45) is 0 Å². The Hall–Kier alpha value is -1.20. The minimum absolute atomic E-state index is 0.0371. The summed E-state index contributed by atoms with van der Waals surface area (Å²) in [5, 5.41) is 5.57. The number of aryl methyl sites for hydroxylation is 3. The number of thiazole rings is 1. The first-order chi connectivity index (χ1) is 8.24. The molecule has 1 aliphatic carbocycles. The number of hydrogen-bond acceptors (Lipinski definition) is 4. The number of hydrogen-bond donors (Lipinski definition) is 1. The lowest BCUT2D eigenvalue weighted by Gasteiger charge is -2.00. The second-order valence-corrected chi connectivity index (χ2v) is 6.13. The third-order valence-electron chi connectivity index (χ3n) is 2.88. The number of nitrogens with zero attached hydrogens (tertiary/aromatic N) is 1. The van der Waals surface area contributed by atoms with Gasteiger partial charge in [-0.3, -0.25) is 10.1 Å². The first kappa shape index (κ1) is 10.9. The maximum atomic E-state index is 12.0. The number of carbonyl (C=O) groups excluding carboxylic acids is 1. The van der Waals surface area contributed by atoms with Gasteiger partial charge in [-0.1, -0.05) is 0 Å². The molecule has 2 heterocycles. The fraction of sp³-hybridized carbons (Fsp3) is 0.333. The molecule has 1 N–H and O–H groups in total. The smallest absolute Gasteiger partial charge is 0.267 e. The van der Waals surface area contributed by atoms with Crippen LogP contribution in [0.1, 0.15) is 32.2 Å². The lowest BCUT2D eigenvalue weighted by Crippen LogP contribution is -2.11. The third-order valence-corrected chi connectivity index (χ3v) is 4.97. The molecule has 0 radical (unpaired) electrons. The summed E-state index contributed by atoms with van der Waals surface area (Å²) in [7, 11) is 0. The van der Waals surface area contributed by atoms with Gasteiger partial charge in [0.05, 0.1) is 10.6 Å². The Morgan fingerprint density at radius 2 is 2.35 bits per heavy atom. The average molecular weight is 264 g/mol. The van der Waals surface area contributed by atoms with E-state index in [0.717, 1.165) is 28.4 Å². The van der Waals surface area contributed by atoms with Crippen molar-refractivity contribution in [3.05, 3.63) is 32.5 Å². The minimum atomic E-state index is -0.0371. The van der Waals surface area contributed by atoms with Crippen molar-refractivity contribution >= 4 is 33.7 Å². The summed E-state index contributed by atoms with van der Waals surface area (Å²) in [5.74, 6) is -0.0371. The summed E-state index contributed by atoms with van der Waals surface area (Å²) in [6.07, 6.45) is 3.37. The molecule has 17 heavy (non-hydrogen) atoms. The topological polar surface area (TPSA) is 42.0 Å². The zero-order chi connectivity index (χ0) is 11.8. The first-order valence-corrected chi connectivity index (χ1v) is 7.27. The molecule has 2 aromatic heterocycles. The first-order valence-electron chi connectivity index (χ1n) is 5.58. The summed E-state index contributed by atoms with van der Waals surface area (Å²) < 4.78 is 0. The molecule has 0 bridgehead atoms. The molecule has 0 saturated carbocycles. The SMILES string of the molecule is Cc1ccsc1C(=O)Nc1nc2c(s1)CCC2. The van der Waals surface area contributed by atoms with Gasteiger partial charge in [0.1, 0.15) is 0 Å². The van der Waals surface area contributed by atoms with Crippen molar-refractivity contribution < 1.29 is 4.79 Å². The third kappa shape index (κ3) is 2.00. The Kier molecular flexibility index (Phi) is 2.72. The zero-order valence-corrected chi connectivity index (χ0v) is 11.1. The van der Waals surface area contributed by atoms with E-state index in [-0.39, 0.29) is 5.91 Å². The maximum Gasteiger partial charge on any atom is 0.267 e. The summed E-state index contributed by atoms with van der Waals surface area (Å²) in [6, 6.07) is 1.96. The van der Waals surface area contributed by atoms with E-state index in [1.807, 2.05) is 18.4 Å². The number of anilines is 1. The second kappa shape index (κ2) is 4.23. The van der Waals surface area contributed by atoms with E-state index < -0.39 is 0 Å². The molecule has 0 atom stereocenters. The van der Waals surface area contributed by atoms with E-state index in [0.29, 0.717) is 0 Å². The van der Waals surface area contributed by atoms with Crippen LogP contribution in [0.15, 0.2) is 11.4 Å². The number of amides is 1.